The highest BCUT2D eigenvalue weighted by atomic mass is 16.3. The maximum atomic E-state index is 10.2. The Labute approximate surface area is 102 Å². The second-order valence-corrected chi connectivity index (χ2v) is 4.76. The van der Waals surface area contributed by atoms with Crippen molar-refractivity contribution in [3.05, 3.63) is 71.3 Å². The second-order valence-electron chi connectivity index (χ2n) is 4.76. The first-order valence-electron chi connectivity index (χ1n) is 6.15. The van der Waals surface area contributed by atoms with E-state index in [0.717, 1.165) is 18.4 Å². The van der Waals surface area contributed by atoms with Gasteiger partial charge >= 0.3 is 0 Å². The number of benzene rings is 2. The molecule has 1 heteroatoms. The third-order valence-corrected chi connectivity index (χ3v) is 3.66. The highest BCUT2D eigenvalue weighted by Gasteiger charge is 2.25. The lowest BCUT2D eigenvalue weighted by Crippen LogP contribution is -2.17. The molecule has 1 N–H and O–H groups in total. The molecule has 0 saturated carbocycles. The van der Waals surface area contributed by atoms with Crippen LogP contribution in [0.1, 0.15) is 35.1 Å². The van der Waals surface area contributed by atoms with Gasteiger partial charge in [-0.2, -0.15) is 0 Å². The summed E-state index contributed by atoms with van der Waals surface area (Å²) in [5, 5.41) is 10.2. The van der Waals surface area contributed by atoms with Gasteiger partial charge in [-0.1, -0.05) is 54.6 Å². The lowest BCUT2D eigenvalue weighted by atomic mass is 9.79. The van der Waals surface area contributed by atoms with Crippen LogP contribution in [-0.2, 0) is 6.42 Å². The van der Waals surface area contributed by atoms with Crippen molar-refractivity contribution in [1.82, 2.24) is 0 Å². The molecule has 86 valence electrons. The van der Waals surface area contributed by atoms with Crippen LogP contribution in [0.15, 0.2) is 54.6 Å². The van der Waals surface area contributed by atoms with Gasteiger partial charge in [0.2, 0.25) is 0 Å². The highest BCUT2D eigenvalue weighted by Crippen LogP contribution is 2.38. The van der Waals surface area contributed by atoms with Gasteiger partial charge < -0.3 is 5.11 Å². The molecule has 0 fully saturated rings. The first kappa shape index (κ1) is 10.5. The van der Waals surface area contributed by atoms with Crippen molar-refractivity contribution in [3.63, 3.8) is 0 Å². The Morgan fingerprint density at radius 3 is 2.41 bits per heavy atom. The van der Waals surface area contributed by atoms with Gasteiger partial charge in [0.15, 0.2) is 0 Å². The molecule has 1 aliphatic rings. The van der Waals surface area contributed by atoms with E-state index in [-0.39, 0.29) is 6.10 Å². The summed E-state index contributed by atoms with van der Waals surface area (Å²) in [6.45, 7) is 0. The lowest BCUT2D eigenvalue weighted by molar-refractivity contribution is 0.147. The summed E-state index contributed by atoms with van der Waals surface area (Å²) in [7, 11) is 0. The standard InChI is InChI=1S/C16H16O/c17-16-11-14(12-6-2-1-3-7-12)10-13-8-4-5-9-15(13)16/h1-9,14,16-17H,10-11H2. The summed E-state index contributed by atoms with van der Waals surface area (Å²) in [4.78, 5) is 0. The summed E-state index contributed by atoms with van der Waals surface area (Å²) in [6, 6.07) is 18.7. The summed E-state index contributed by atoms with van der Waals surface area (Å²) >= 11 is 0. The average Bonchev–Trinajstić information content (AvgIpc) is 2.40. The van der Waals surface area contributed by atoms with Crippen molar-refractivity contribution in [2.75, 3.05) is 0 Å². The molecule has 1 nitrogen and oxygen atoms in total. The Morgan fingerprint density at radius 1 is 0.882 bits per heavy atom. The quantitative estimate of drug-likeness (QED) is 0.786. The van der Waals surface area contributed by atoms with E-state index in [4.69, 9.17) is 0 Å². The maximum absolute atomic E-state index is 10.2. The van der Waals surface area contributed by atoms with E-state index in [2.05, 4.69) is 36.4 Å². The second kappa shape index (κ2) is 4.34. The normalized spacial score (nSPS) is 23.1. The van der Waals surface area contributed by atoms with Crippen LogP contribution in [0.3, 0.4) is 0 Å². The van der Waals surface area contributed by atoms with Crippen LogP contribution >= 0.6 is 0 Å². The number of rotatable bonds is 1. The van der Waals surface area contributed by atoms with Crippen molar-refractivity contribution in [2.24, 2.45) is 0 Å². The monoisotopic (exact) mass is 224 g/mol. The fourth-order valence-corrected chi connectivity index (χ4v) is 2.77. The van der Waals surface area contributed by atoms with Gasteiger partial charge in [-0.05, 0) is 35.4 Å². The minimum Gasteiger partial charge on any atom is -0.388 e. The minimum absolute atomic E-state index is 0.315. The van der Waals surface area contributed by atoms with Crippen LogP contribution < -0.4 is 0 Å². The Kier molecular flexibility index (Phi) is 2.69. The van der Waals surface area contributed by atoms with E-state index < -0.39 is 0 Å². The molecule has 3 rings (SSSR count). The number of aliphatic hydroxyl groups is 1. The van der Waals surface area contributed by atoms with Crippen LogP contribution in [0.25, 0.3) is 0 Å². The highest BCUT2D eigenvalue weighted by molar-refractivity contribution is 5.35. The molecule has 0 heterocycles. The maximum Gasteiger partial charge on any atom is 0.0798 e. The topological polar surface area (TPSA) is 20.2 Å². The molecule has 2 aromatic rings. The van der Waals surface area contributed by atoms with Crippen LogP contribution in [0, 0.1) is 0 Å². The van der Waals surface area contributed by atoms with E-state index >= 15 is 0 Å². The van der Waals surface area contributed by atoms with Gasteiger partial charge in [-0.25, -0.2) is 0 Å². The zero-order valence-electron chi connectivity index (χ0n) is 9.71. The number of fused-ring (bicyclic) bond motifs is 1. The third kappa shape index (κ3) is 1.98. The molecule has 1 aliphatic carbocycles. The average molecular weight is 224 g/mol. The molecule has 0 radical (unpaired) electrons. The molecule has 0 aromatic heterocycles. The molecule has 17 heavy (non-hydrogen) atoms. The molecule has 2 unspecified atom stereocenters. The van der Waals surface area contributed by atoms with Crippen LogP contribution in [0.4, 0.5) is 0 Å². The van der Waals surface area contributed by atoms with Crippen LogP contribution in [-0.4, -0.2) is 5.11 Å². The molecule has 0 aliphatic heterocycles. The van der Waals surface area contributed by atoms with Crippen molar-refractivity contribution >= 4 is 0 Å². The number of hydrogen-bond donors (Lipinski definition) is 1. The summed E-state index contributed by atoms with van der Waals surface area (Å²) in [6.07, 6.45) is 1.56. The molecule has 2 aromatic carbocycles. The lowest BCUT2D eigenvalue weighted by Gasteiger charge is -2.28. The van der Waals surface area contributed by atoms with Gasteiger partial charge in [0, 0.05) is 0 Å². The Balaban J connectivity index is 1.94. The minimum atomic E-state index is -0.315. The fourth-order valence-electron chi connectivity index (χ4n) is 2.77. The predicted molar refractivity (Wildman–Crippen MR) is 68.9 cm³/mol. The van der Waals surface area contributed by atoms with Gasteiger partial charge in [-0.3, -0.25) is 0 Å². The Hall–Kier alpha value is -1.60. The largest absolute Gasteiger partial charge is 0.388 e. The van der Waals surface area contributed by atoms with Gasteiger partial charge in [0.05, 0.1) is 6.10 Å². The van der Waals surface area contributed by atoms with Crippen molar-refractivity contribution in [1.29, 1.82) is 0 Å². The van der Waals surface area contributed by atoms with Crippen molar-refractivity contribution in [3.8, 4) is 0 Å². The molecule has 0 spiro atoms. The molecule has 0 amide bonds. The smallest absolute Gasteiger partial charge is 0.0798 e. The van der Waals surface area contributed by atoms with E-state index in [1.165, 1.54) is 11.1 Å². The zero-order valence-corrected chi connectivity index (χ0v) is 9.71. The van der Waals surface area contributed by atoms with Gasteiger partial charge in [-0.15, -0.1) is 0 Å². The van der Waals surface area contributed by atoms with Crippen molar-refractivity contribution in [2.45, 2.75) is 24.9 Å². The predicted octanol–water partition coefficient (Wildman–Crippen LogP) is 3.45. The molecule has 0 bridgehead atoms. The Morgan fingerprint density at radius 2 is 1.59 bits per heavy atom. The van der Waals surface area contributed by atoms with Crippen LogP contribution in [0.5, 0.6) is 0 Å². The SMILES string of the molecule is OC1CC(c2ccccc2)Cc2ccccc21. The van der Waals surface area contributed by atoms with E-state index in [1.807, 2.05) is 18.2 Å². The molecule has 2 atom stereocenters. The van der Waals surface area contributed by atoms with E-state index in [0.29, 0.717) is 5.92 Å². The number of hydrogen-bond acceptors (Lipinski definition) is 1. The summed E-state index contributed by atoms with van der Waals surface area (Å²) in [5.74, 6) is 0.445. The van der Waals surface area contributed by atoms with Gasteiger partial charge in [0.25, 0.3) is 0 Å². The molecular weight excluding hydrogens is 208 g/mol. The summed E-state index contributed by atoms with van der Waals surface area (Å²) < 4.78 is 0. The fraction of sp³-hybridized carbons (Fsp3) is 0.250. The van der Waals surface area contributed by atoms with Crippen molar-refractivity contribution < 1.29 is 5.11 Å². The molecule has 0 saturated heterocycles. The number of aliphatic hydroxyl groups excluding tert-OH is 1. The molecular formula is C16H16O. The first-order valence-corrected chi connectivity index (χ1v) is 6.15. The Bertz CT molecular complexity index is 504. The zero-order chi connectivity index (χ0) is 11.7. The van der Waals surface area contributed by atoms with Gasteiger partial charge in [0.1, 0.15) is 0 Å². The van der Waals surface area contributed by atoms with Crippen LogP contribution in [0.2, 0.25) is 0 Å². The van der Waals surface area contributed by atoms with E-state index in [9.17, 15) is 5.11 Å². The summed E-state index contributed by atoms with van der Waals surface area (Å²) in [5.41, 5.74) is 3.74. The first-order chi connectivity index (χ1) is 8.34. The van der Waals surface area contributed by atoms with E-state index in [1.54, 1.807) is 0 Å². The third-order valence-electron chi connectivity index (χ3n) is 3.66.